The molecule has 0 bridgehead atoms. The van der Waals surface area contributed by atoms with Gasteiger partial charge in [-0.15, -0.1) is 0 Å². The van der Waals surface area contributed by atoms with Gasteiger partial charge in [0.05, 0.1) is 6.04 Å². The van der Waals surface area contributed by atoms with Gasteiger partial charge in [-0.3, -0.25) is 9.89 Å². The maximum absolute atomic E-state index is 12.4. The van der Waals surface area contributed by atoms with Crippen molar-refractivity contribution in [2.24, 2.45) is 0 Å². The highest BCUT2D eigenvalue weighted by molar-refractivity contribution is 6.35. The van der Waals surface area contributed by atoms with Crippen molar-refractivity contribution in [3.63, 3.8) is 0 Å². The molecule has 0 saturated carbocycles. The summed E-state index contributed by atoms with van der Waals surface area (Å²) in [6.45, 7) is 3.43. The molecule has 1 unspecified atom stereocenters. The van der Waals surface area contributed by atoms with Crippen molar-refractivity contribution >= 4 is 29.1 Å². The second-order valence-corrected chi connectivity index (χ2v) is 6.16. The normalized spacial score (nSPS) is 15.2. The van der Waals surface area contributed by atoms with Crippen molar-refractivity contribution in [2.75, 3.05) is 6.54 Å². The van der Waals surface area contributed by atoms with E-state index in [4.69, 9.17) is 23.2 Å². The number of hydrogen-bond donors (Lipinski definition) is 3. The highest BCUT2D eigenvalue weighted by atomic mass is 35.5. The molecule has 1 aliphatic heterocycles. The van der Waals surface area contributed by atoms with E-state index in [1.54, 1.807) is 12.1 Å². The lowest BCUT2D eigenvalue weighted by atomic mass is 10.1. The summed E-state index contributed by atoms with van der Waals surface area (Å²) in [6, 6.07) is 5.01. The van der Waals surface area contributed by atoms with E-state index in [1.165, 1.54) is 0 Å². The van der Waals surface area contributed by atoms with E-state index in [1.807, 2.05) is 13.0 Å². The minimum Gasteiger partial charge on any atom is -0.344 e. The summed E-state index contributed by atoms with van der Waals surface area (Å²) in [5.41, 5.74) is 3.24. The second-order valence-electron chi connectivity index (χ2n) is 5.32. The number of carbonyl (C=O) groups excluding carboxylic acids is 1. The fourth-order valence-electron chi connectivity index (χ4n) is 2.61. The third kappa shape index (κ3) is 2.97. The van der Waals surface area contributed by atoms with Crippen LogP contribution in [0.4, 0.5) is 0 Å². The van der Waals surface area contributed by atoms with Gasteiger partial charge in [-0.1, -0.05) is 29.3 Å². The largest absolute Gasteiger partial charge is 0.344 e. The summed E-state index contributed by atoms with van der Waals surface area (Å²) in [6.07, 6.45) is 0.855. The van der Waals surface area contributed by atoms with Crippen molar-refractivity contribution in [1.82, 2.24) is 20.8 Å². The molecule has 0 aliphatic carbocycles. The average molecular weight is 339 g/mol. The van der Waals surface area contributed by atoms with Crippen LogP contribution in [0, 0.1) is 0 Å². The molecule has 5 nitrogen and oxygen atoms in total. The predicted octanol–water partition coefficient (Wildman–Crippen LogP) is 2.85. The van der Waals surface area contributed by atoms with E-state index >= 15 is 0 Å². The number of fused-ring (bicyclic) bond motifs is 1. The number of hydrogen-bond acceptors (Lipinski definition) is 3. The van der Waals surface area contributed by atoms with Crippen LogP contribution < -0.4 is 10.6 Å². The van der Waals surface area contributed by atoms with Gasteiger partial charge in [-0.2, -0.15) is 5.10 Å². The van der Waals surface area contributed by atoms with Crippen LogP contribution in [-0.4, -0.2) is 22.6 Å². The zero-order valence-corrected chi connectivity index (χ0v) is 13.6. The summed E-state index contributed by atoms with van der Waals surface area (Å²) >= 11 is 12.1. The second kappa shape index (κ2) is 6.28. The van der Waals surface area contributed by atoms with Crippen molar-refractivity contribution < 1.29 is 4.79 Å². The molecule has 2 aromatic rings. The number of carbonyl (C=O) groups is 1. The molecule has 0 spiro atoms. The summed E-state index contributed by atoms with van der Waals surface area (Å²) in [5.74, 6) is -0.209. The maximum Gasteiger partial charge on any atom is 0.272 e. The number of rotatable bonds is 3. The first kappa shape index (κ1) is 15.3. The van der Waals surface area contributed by atoms with Gasteiger partial charge in [-0.25, -0.2) is 0 Å². The summed E-state index contributed by atoms with van der Waals surface area (Å²) in [4.78, 5) is 12.4. The molecular formula is C15H16Cl2N4O. The van der Waals surface area contributed by atoms with Crippen molar-refractivity contribution in [3.8, 4) is 0 Å². The van der Waals surface area contributed by atoms with Gasteiger partial charge in [0, 0.05) is 40.8 Å². The fourth-order valence-corrected chi connectivity index (χ4v) is 3.18. The number of nitrogens with zero attached hydrogens (tertiary/aromatic N) is 1. The highest BCUT2D eigenvalue weighted by Gasteiger charge is 2.23. The van der Waals surface area contributed by atoms with E-state index in [2.05, 4.69) is 20.8 Å². The Kier molecular flexibility index (Phi) is 4.38. The molecule has 3 rings (SSSR count). The molecule has 1 aromatic carbocycles. The number of halogens is 2. The summed E-state index contributed by atoms with van der Waals surface area (Å²) in [5, 5.41) is 14.4. The summed E-state index contributed by atoms with van der Waals surface area (Å²) in [7, 11) is 0. The standard InChI is InChI=1S/C15H16Cl2N4O/c1-8(10-3-2-9(16)6-12(10)17)19-15(22)14-11-7-18-5-4-13(11)20-21-14/h2-3,6,8,18H,4-5,7H2,1H3,(H,19,22)(H,20,21). The van der Waals surface area contributed by atoms with E-state index < -0.39 is 0 Å². The minimum absolute atomic E-state index is 0.209. The van der Waals surface area contributed by atoms with Crippen LogP contribution in [0.2, 0.25) is 10.0 Å². The molecule has 0 fully saturated rings. The molecule has 1 amide bonds. The SMILES string of the molecule is CC(NC(=O)c1n[nH]c2c1CNCC2)c1ccc(Cl)cc1Cl. The fraction of sp³-hybridized carbons (Fsp3) is 0.333. The zero-order valence-electron chi connectivity index (χ0n) is 12.0. The number of amides is 1. The Hall–Kier alpha value is -1.56. The van der Waals surface area contributed by atoms with Crippen LogP contribution in [0.25, 0.3) is 0 Å². The van der Waals surface area contributed by atoms with E-state index in [9.17, 15) is 4.79 Å². The Labute approximate surface area is 138 Å². The lowest BCUT2D eigenvalue weighted by Gasteiger charge is -2.17. The molecule has 0 radical (unpaired) electrons. The molecule has 116 valence electrons. The lowest BCUT2D eigenvalue weighted by Crippen LogP contribution is -2.30. The molecule has 2 heterocycles. The van der Waals surface area contributed by atoms with E-state index in [0.717, 1.165) is 29.8 Å². The van der Waals surface area contributed by atoms with Crippen molar-refractivity contribution in [2.45, 2.75) is 25.9 Å². The van der Waals surface area contributed by atoms with Crippen LogP contribution in [-0.2, 0) is 13.0 Å². The van der Waals surface area contributed by atoms with Crippen LogP contribution in [0.1, 0.15) is 40.3 Å². The molecule has 1 aromatic heterocycles. The maximum atomic E-state index is 12.4. The van der Waals surface area contributed by atoms with Crippen molar-refractivity contribution in [1.29, 1.82) is 0 Å². The minimum atomic E-state index is -0.235. The van der Waals surface area contributed by atoms with Gasteiger partial charge in [0.1, 0.15) is 0 Å². The smallest absolute Gasteiger partial charge is 0.272 e. The molecule has 3 N–H and O–H groups in total. The first-order chi connectivity index (χ1) is 10.6. The molecule has 7 heteroatoms. The number of benzene rings is 1. The number of aromatic nitrogens is 2. The summed E-state index contributed by atoms with van der Waals surface area (Å²) < 4.78 is 0. The number of aromatic amines is 1. The predicted molar refractivity (Wildman–Crippen MR) is 86.3 cm³/mol. The van der Waals surface area contributed by atoms with Crippen LogP contribution >= 0.6 is 23.2 Å². The van der Waals surface area contributed by atoms with E-state index in [-0.39, 0.29) is 11.9 Å². The van der Waals surface area contributed by atoms with Gasteiger partial charge >= 0.3 is 0 Å². The third-order valence-electron chi connectivity index (χ3n) is 3.80. The Morgan fingerprint density at radius 2 is 2.23 bits per heavy atom. The monoisotopic (exact) mass is 338 g/mol. The van der Waals surface area contributed by atoms with Gasteiger partial charge in [-0.05, 0) is 24.6 Å². The van der Waals surface area contributed by atoms with Gasteiger partial charge in [0.2, 0.25) is 0 Å². The Balaban J connectivity index is 1.78. The highest BCUT2D eigenvalue weighted by Crippen LogP contribution is 2.26. The van der Waals surface area contributed by atoms with Gasteiger partial charge in [0.15, 0.2) is 5.69 Å². The Bertz CT molecular complexity index is 714. The molecule has 1 aliphatic rings. The number of nitrogens with one attached hydrogen (secondary N) is 3. The molecule has 0 saturated heterocycles. The first-order valence-electron chi connectivity index (χ1n) is 7.09. The van der Waals surface area contributed by atoms with Gasteiger partial charge in [0.25, 0.3) is 5.91 Å². The molecular weight excluding hydrogens is 323 g/mol. The van der Waals surface area contributed by atoms with Crippen LogP contribution in [0.3, 0.4) is 0 Å². The Morgan fingerprint density at radius 1 is 1.41 bits per heavy atom. The average Bonchev–Trinajstić information content (AvgIpc) is 2.91. The third-order valence-corrected chi connectivity index (χ3v) is 4.36. The lowest BCUT2D eigenvalue weighted by molar-refractivity contribution is 0.0933. The quantitative estimate of drug-likeness (QED) is 0.805. The molecule has 1 atom stereocenters. The van der Waals surface area contributed by atoms with Crippen LogP contribution in [0.15, 0.2) is 18.2 Å². The van der Waals surface area contributed by atoms with Gasteiger partial charge < -0.3 is 10.6 Å². The van der Waals surface area contributed by atoms with Crippen molar-refractivity contribution in [3.05, 3.63) is 50.8 Å². The topological polar surface area (TPSA) is 69.8 Å². The van der Waals surface area contributed by atoms with E-state index in [0.29, 0.717) is 22.3 Å². The molecule has 22 heavy (non-hydrogen) atoms. The zero-order chi connectivity index (χ0) is 15.7. The first-order valence-corrected chi connectivity index (χ1v) is 7.84. The van der Waals surface area contributed by atoms with Crippen LogP contribution in [0.5, 0.6) is 0 Å². The number of H-pyrrole nitrogens is 1. The Morgan fingerprint density at radius 3 is 3.00 bits per heavy atom.